The van der Waals surface area contributed by atoms with Gasteiger partial charge < -0.3 is 10.6 Å². The van der Waals surface area contributed by atoms with Crippen molar-refractivity contribution in [1.29, 1.82) is 0 Å². The number of carbonyl (C=O) groups excluding carboxylic acids is 1. The highest BCUT2D eigenvalue weighted by Crippen LogP contribution is 2.23. The Morgan fingerprint density at radius 1 is 1.55 bits per heavy atom. The smallest absolute Gasteiger partial charge is 0.251 e. The first-order valence-corrected chi connectivity index (χ1v) is 7.71. The van der Waals surface area contributed by atoms with Crippen molar-refractivity contribution < 1.29 is 4.79 Å². The molecule has 1 amide bonds. The lowest BCUT2D eigenvalue weighted by atomic mass is 9.92. The summed E-state index contributed by atoms with van der Waals surface area (Å²) in [5.41, 5.74) is 0.601. The number of nitrogens with one attached hydrogen (secondary N) is 2. The van der Waals surface area contributed by atoms with Crippen molar-refractivity contribution >= 4 is 45.8 Å². The number of benzene rings is 1. The van der Waals surface area contributed by atoms with E-state index in [0.717, 1.165) is 24.0 Å². The van der Waals surface area contributed by atoms with Gasteiger partial charge in [0.1, 0.15) is 0 Å². The summed E-state index contributed by atoms with van der Waals surface area (Å²) in [6.07, 6.45) is 2.34. The van der Waals surface area contributed by atoms with Gasteiger partial charge in [0.15, 0.2) is 0 Å². The van der Waals surface area contributed by atoms with Gasteiger partial charge in [-0.05, 0) is 72.9 Å². The van der Waals surface area contributed by atoms with E-state index in [1.54, 1.807) is 18.2 Å². The Morgan fingerprint density at radius 3 is 2.90 bits per heavy atom. The van der Waals surface area contributed by atoms with Crippen LogP contribution in [0.2, 0.25) is 5.02 Å². The second-order valence-corrected chi connectivity index (χ2v) is 6.26. The highest BCUT2D eigenvalue weighted by Gasteiger charge is 2.21. The number of piperidine rings is 1. The molecule has 0 saturated carbocycles. The molecular weight excluding hydrogens is 363 g/mol. The van der Waals surface area contributed by atoms with Crippen LogP contribution in [0.1, 0.15) is 30.1 Å². The molecule has 1 fully saturated rings. The molecule has 1 aromatic carbocycles. The first-order chi connectivity index (χ1) is 9.08. The first kappa shape index (κ1) is 17.8. The van der Waals surface area contributed by atoms with Gasteiger partial charge in [0.2, 0.25) is 0 Å². The lowest BCUT2D eigenvalue weighted by Gasteiger charge is -2.29. The quantitative estimate of drug-likeness (QED) is 0.838. The fourth-order valence-corrected chi connectivity index (χ4v) is 2.78. The topological polar surface area (TPSA) is 41.1 Å². The molecule has 2 rings (SSSR count). The highest BCUT2D eigenvalue weighted by molar-refractivity contribution is 9.10. The Kier molecular flexibility index (Phi) is 7.30. The molecule has 20 heavy (non-hydrogen) atoms. The zero-order valence-electron chi connectivity index (χ0n) is 11.3. The van der Waals surface area contributed by atoms with Crippen LogP contribution in [0.5, 0.6) is 0 Å². The van der Waals surface area contributed by atoms with E-state index in [9.17, 15) is 4.79 Å². The third-order valence-corrected chi connectivity index (χ3v) is 4.82. The third kappa shape index (κ3) is 4.62. The van der Waals surface area contributed by atoms with Gasteiger partial charge in [0, 0.05) is 16.1 Å². The van der Waals surface area contributed by atoms with Crippen LogP contribution >= 0.6 is 39.9 Å². The van der Waals surface area contributed by atoms with Gasteiger partial charge in [0.25, 0.3) is 5.91 Å². The van der Waals surface area contributed by atoms with E-state index in [1.165, 1.54) is 6.42 Å². The molecule has 1 aliphatic rings. The molecule has 0 bridgehead atoms. The van der Waals surface area contributed by atoms with E-state index in [1.807, 2.05) is 0 Å². The number of amides is 1. The average molecular weight is 382 g/mol. The average Bonchev–Trinajstić information content (AvgIpc) is 2.42. The van der Waals surface area contributed by atoms with E-state index in [-0.39, 0.29) is 24.4 Å². The standard InChI is InChI=1S/C14H18BrClN2O.ClH/c1-9(11-3-2-6-17-8-11)18-14(19)10-4-5-12(15)13(16)7-10;/h4-5,7,9,11,17H,2-3,6,8H2,1H3,(H,18,19);1H. The number of rotatable bonds is 3. The molecule has 2 N–H and O–H groups in total. The Balaban J connectivity index is 0.00000200. The van der Waals surface area contributed by atoms with Crippen molar-refractivity contribution in [2.45, 2.75) is 25.8 Å². The van der Waals surface area contributed by atoms with Crippen molar-refractivity contribution in [2.24, 2.45) is 5.92 Å². The number of hydrogen-bond donors (Lipinski definition) is 2. The van der Waals surface area contributed by atoms with Crippen LogP contribution < -0.4 is 10.6 Å². The zero-order chi connectivity index (χ0) is 13.8. The van der Waals surface area contributed by atoms with E-state index in [2.05, 4.69) is 33.5 Å². The molecule has 1 saturated heterocycles. The summed E-state index contributed by atoms with van der Waals surface area (Å²) in [7, 11) is 0. The lowest BCUT2D eigenvalue weighted by molar-refractivity contribution is 0.0922. The summed E-state index contributed by atoms with van der Waals surface area (Å²) in [4.78, 5) is 12.2. The predicted octanol–water partition coefficient (Wildman–Crippen LogP) is 3.64. The van der Waals surface area contributed by atoms with Gasteiger partial charge in [0.05, 0.1) is 5.02 Å². The molecule has 112 valence electrons. The Morgan fingerprint density at radius 2 is 2.30 bits per heavy atom. The van der Waals surface area contributed by atoms with E-state index < -0.39 is 0 Å². The molecule has 1 heterocycles. The summed E-state index contributed by atoms with van der Waals surface area (Å²) in [6.45, 7) is 4.12. The van der Waals surface area contributed by atoms with Crippen molar-refractivity contribution in [2.75, 3.05) is 13.1 Å². The zero-order valence-corrected chi connectivity index (χ0v) is 14.4. The van der Waals surface area contributed by atoms with Crippen LogP contribution in [0.15, 0.2) is 22.7 Å². The van der Waals surface area contributed by atoms with Crippen LogP contribution in [-0.2, 0) is 0 Å². The Bertz CT molecular complexity index is 464. The number of halogens is 3. The molecule has 6 heteroatoms. The lowest BCUT2D eigenvalue weighted by Crippen LogP contribution is -2.44. The second-order valence-electron chi connectivity index (χ2n) is 5.00. The minimum absolute atomic E-state index is 0. The van der Waals surface area contributed by atoms with Crippen molar-refractivity contribution in [3.8, 4) is 0 Å². The second kappa shape index (κ2) is 8.23. The molecule has 0 spiro atoms. The monoisotopic (exact) mass is 380 g/mol. The number of carbonyl (C=O) groups is 1. The van der Waals surface area contributed by atoms with Crippen LogP contribution in [0.3, 0.4) is 0 Å². The summed E-state index contributed by atoms with van der Waals surface area (Å²) < 4.78 is 0.801. The maximum Gasteiger partial charge on any atom is 0.251 e. The summed E-state index contributed by atoms with van der Waals surface area (Å²) in [5, 5.41) is 6.98. The molecular formula is C14H19BrCl2N2O. The van der Waals surface area contributed by atoms with Gasteiger partial charge in [-0.1, -0.05) is 11.6 Å². The molecule has 0 radical (unpaired) electrons. The van der Waals surface area contributed by atoms with E-state index in [4.69, 9.17) is 11.6 Å². The minimum atomic E-state index is -0.0625. The molecule has 0 aromatic heterocycles. The Hall–Kier alpha value is -0.290. The molecule has 0 aliphatic carbocycles. The first-order valence-electron chi connectivity index (χ1n) is 6.54. The van der Waals surface area contributed by atoms with Gasteiger partial charge in [-0.15, -0.1) is 12.4 Å². The van der Waals surface area contributed by atoms with Gasteiger partial charge in [-0.2, -0.15) is 0 Å². The van der Waals surface area contributed by atoms with Gasteiger partial charge >= 0.3 is 0 Å². The van der Waals surface area contributed by atoms with E-state index >= 15 is 0 Å². The molecule has 2 unspecified atom stereocenters. The predicted molar refractivity (Wildman–Crippen MR) is 88.9 cm³/mol. The van der Waals surface area contributed by atoms with Crippen molar-refractivity contribution in [1.82, 2.24) is 10.6 Å². The summed E-state index contributed by atoms with van der Waals surface area (Å²) in [5.74, 6) is 0.441. The fourth-order valence-electron chi connectivity index (χ4n) is 2.35. The van der Waals surface area contributed by atoms with Crippen LogP contribution in [0.4, 0.5) is 0 Å². The maximum atomic E-state index is 12.2. The largest absolute Gasteiger partial charge is 0.349 e. The SMILES string of the molecule is CC(NC(=O)c1ccc(Br)c(Cl)c1)C1CCCNC1.Cl. The molecule has 1 aromatic rings. The summed E-state index contributed by atoms with van der Waals surface area (Å²) >= 11 is 9.33. The maximum absolute atomic E-state index is 12.2. The molecule has 2 atom stereocenters. The third-order valence-electron chi connectivity index (χ3n) is 3.58. The highest BCUT2D eigenvalue weighted by atomic mass is 79.9. The van der Waals surface area contributed by atoms with Gasteiger partial charge in [-0.25, -0.2) is 0 Å². The van der Waals surface area contributed by atoms with E-state index in [0.29, 0.717) is 16.5 Å². The van der Waals surface area contributed by atoms with Crippen molar-refractivity contribution in [3.63, 3.8) is 0 Å². The normalized spacial score (nSPS) is 19.9. The Labute approximate surface area is 139 Å². The molecule has 1 aliphatic heterocycles. The minimum Gasteiger partial charge on any atom is -0.349 e. The van der Waals surface area contributed by atoms with Gasteiger partial charge in [-0.3, -0.25) is 4.79 Å². The van der Waals surface area contributed by atoms with Crippen LogP contribution in [0.25, 0.3) is 0 Å². The molecule has 3 nitrogen and oxygen atoms in total. The van der Waals surface area contributed by atoms with Crippen LogP contribution in [0, 0.1) is 5.92 Å². The fraction of sp³-hybridized carbons (Fsp3) is 0.500. The van der Waals surface area contributed by atoms with Crippen LogP contribution in [-0.4, -0.2) is 25.0 Å². The summed E-state index contributed by atoms with van der Waals surface area (Å²) in [6, 6.07) is 5.43. The number of hydrogen-bond acceptors (Lipinski definition) is 2. The van der Waals surface area contributed by atoms with Crippen molar-refractivity contribution in [3.05, 3.63) is 33.3 Å².